The van der Waals surface area contributed by atoms with Crippen LogP contribution in [0.1, 0.15) is 0 Å². The Balaban J connectivity index is 4.19. The molecule has 0 aliphatic rings. The smallest absolute Gasteiger partial charge is 0.377 e. The molecule has 0 aliphatic heterocycles. The SMILES string of the molecule is CO[Si](CC(=S)SC)(OC)OC. The summed E-state index contributed by atoms with van der Waals surface area (Å²) < 4.78 is 16.5. The summed E-state index contributed by atoms with van der Waals surface area (Å²) in [5.74, 6) is 0. The standard InChI is InChI=1S/C6H14O3S2Si/c1-7-12(8-2,9-3)5-6(10)11-4/h5H2,1-4H3. The first-order valence-electron chi connectivity index (χ1n) is 3.36. The maximum absolute atomic E-state index is 5.20. The van der Waals surface area contributed by atoms with E-state index >= 15 is 0 Å². The lowest BCUT2D eigenvalue weighted by molar-refractivity contribution is 0.129. The van der Waals surface area contributed by atoms with Gasteiger partial charge >= 0.3 is 8.80 Å². The molecule has 0 saturated heterocycles. The molecule has 0 radical (unpaired) electrons. The average Bonchev–Trinajstić information content (AvgIpc) is 2.14. The summed E-state index contributed by atoms with van der Waals surface area (Å²) in [6.45, 7) is 0. The van der Waals surface area contributed by atoms with Crippen LogP contribution in [0.25, 0.3) is 0 Å². The quantitative estimate of drug-likeness (QED) is 0.524. The van der Waals surface area contributed by atoms with Crippen molar-refractivity contribution in [1.29, 1.82) is 0 Å². The van der Waals surface area contributed by atoms with Gasteiger partial charge in [-0.1, -0.05) is 12.2 Å². The van der Waals surface area contributed by atoms with E-state index in [0.29, 0.717) is 6.04 Å². The van der Waals surface area contributed by atoms with Crippen LogP contribution in [-0.2, 0) is 13.3 Å². The molecule has 0 fully saturated rings. The number of hydrogen-bond donors (Lipinski definition) is 0. The third kappa shape index (κ3) is 3.50. The Labute approximate surface area is 84.1 Å². The Bertz CT molecular complexity index is 141. The van der Waals surface area contributed by atoms with Gasteiger partial charge in [0, 0.05) is 21.3 Å². The zero-order valence-corrected chi connectivity index (χ0v) is 10.4. The van der Waals surface area contributed by atoms with Crippen LogP contribution in [0.3, 0.4) is 0 Å². The van der Waals surface area contributed by atoms with Gasteiger partial charge in [0.05, 0.1) is 10.2 Å². The van der Waals surface area contributed by atoms with Crippen LogP contribution >= 0.6 is 24.0 Å². The first-order valence-corrected chi connectivity index (χ1v) is 6.93. The predicted molar refractivity (Wildman–Crippen MR) is 57.7 cm³/mol. The zero-order valence-electron chi connectivity index (χ0n) is 7.75. The van der Waals surface area contributed by atoms with Crippen molar-refractivity contribution in [2.75, 3.05) is 27.6 Å². The first-order chi connectivity index (χ1) is 5.64. The fraction of sp³-hybridized carbons (Fsp3) is 0.833. The summed E-state index contributed by atoms with van der Waals surface area (Å²) in [6, 6.07) is 0.590. The number of hydrogen-bond acceptors (Lipinski definition) is 5. The Morgan fingerprint density at radius 3 is 1.92 bits per heavy atom. The summed E-state index contributed by atoms with van der Waals surface area (Å²) in [5.41, 5.74) is 0. The van der Waals surface area contributed by atoms with E-state index in [9.17, 15) is 0 Å². The molecule has 0 unspecified atom stereocenters. The summed E-state index contributed by atoms with van der Waals surface area (Å²) in [7, 11) is 2.29. The van der Waals surface area contributed by atoms with Crippen molar-refractivity contribution in [2.45, 2.75) is 6.04 Å². The molecular weight excluding hydrogens is 212 g/mol. The molecule has 3 nitrogen and oxygen atoms in total. The highest BCUT2D eigenvalue weighted by Crippen LogP contribution is 2.17. The van der Waals surface area contributed by atoms with E-state index in [0.717, 1.165) is 4.20 Å². The molecule has 0 amide bonds. The van der Waals surface area contributed by atoms with Gasteiger partial charge in [0.25, 0.3) is 0 Å². The lowest BCUT2D eigenvalue weighted by Crippen LogP contribution is -2.43. The highest BCUT2D eigenvalue weighted by molar-refractivity contribution is 8.22. The molecule has 6 heteroatoms. The van der Waals surface area contributed by atoms with Gasteiger partial charge in [0.1, 0.15) is 0 Å². The first kappa shape index (κ1) is 12.5. The second kappa shape index (κ2) is 6.06. The summed E-state index contributed by atoms with van der Waals surface area (Å²) >= 11 is 6.58. The molecule has 0 aromatic rings. The van der Waals surface area contributed by atoms with Crippen LogP contribution in [0.4, 0.5) is 0 Å². The van der Waals surface area contributed by atoms with Gasteiger partial charge in [-0.3, -0.25) is 0 Å². The van der Waals surface area contributed by atoms with Crippen molar-refractivity contribution < 1.29 is 13.3 Å². The van der Waals surface area contributed by atoms with E-state index in [1.165, 1.54) is 11.8 Å². The van der Waals surface area contributed by atoms with Crippen molar-refractivity contribution in [2.24, 2.45) is 0 Å². The van der Waals surface area contributed by atoms with Crippen molar-refractivity contribution in [1.82, 2.24) is 0 Å². The van der Waals surface area contributed by atoms with E-state index in [1.54, 1.807) is 21.3 Å². The molecule has 0 bridgehead atoms. The largest absolute Gasteiger partial charge is 0.506 e. The zero-order chi connectivity index (χ0) is 9.61. The second-order valence-corrected chi connectivity index (χ2v) is 6.64. The molecule has 0 aromatic heterocycles. The number of thiocarbonyl (C=S) groups is 1. The minimum atomic E-state index is -2.46. The predicted octanol–water partition coefficient (Wildman–Crippen LogP) is 1.55. The molecule has 0 atom stereocenters. The van der Waals surface area contributed by atoms with Crippen molar-refractivity contribution in [3.63, 3.8) is 0 Å². The number of rotatable bonds is 5. The molecule has 0 spiro atoms. The summed E-state index contributed by atoms with van der Waals surface area (Å²) in [6.07, 6.45) is 1.93. The third-order valence-corrected chi connectivity index (χ3v) is 5.93. The normalized spacial score (nSPS) is 11.7. The Kier molecular flexibility index (Phi) is 6.33. The Hall–Kier alpha value is 0.537. The molecule has 0 aromatic carbocycles. The van der Waals surface area contributed by atoms with Crippen LogP contribution in [0.15, 0.2) is 0 Å². The van der Waals surface area contributed by atoms with Crippen molar-refractivity contribution in [3.8, 4) is 0 Å². The lowest BCUT2D eigenvalue weighted by Gasteiger charge is -2.23. The third-order valence-electron chi connectivity index (χ3n) is 1.52. The molecule has 0 saturated carbocycles. The van der Waals surface area contributed by atoms with Gasteiger partial charge in [-0.25, -0.2) is 0 Å². The average molecular weight is 226 g/mol. The molecule has 0 N–H and O–H groups in total. The van der Waals surface area contributed by atoms with Gasteiger partial charge in [-0.2, -0.15) is 0 Å². The monoisotopic (exact) mass is 226 g/mol. The lowest BCUT2D eigenvalue weighted by atomic mass is 10.9. The van der Waals surface area contributed by atoms with Gasteiger partial charge in [0.2, 0.25) is 0 Å². The van der Waals surface area contributed by atoms with Gasteiger partial charge in [0.15, 0.2) is 0 Å². The van der Waals surface area contributed by atoms with E-state index in [4.69, 9.17) is 25.5 Å². The summed E-state index contributed by atoms with van der Waals surface area (Å²) in [5, 5.41) is 0. The second-order valence-electron chi connectivity index (χ2n) is 2.05. The number of thioether (sulfide) groups is 1. The van der Waals surface area contributed by atoms with E-state index < -0.39 is 8.80 Å². The fourth-order valence-electron chi connectivity index (χ4n) is 0.715. The van der Waals surface area contributed by atoms with Crippen LogP contribution in [0.2, 0.25) is 6.04 Å². The maximum Gasteiger partial charge on any atom is 0.506 e. The van der Waals surface area contributed by atoms with Crippen LogP contribution in [-0.4, -0.2) is 40.6 Å². The Morgan fingerprint density at radius 2 is 1.67 bits per heavy atom. The molecule has 0 heterocycles. The fourth-order valence-corrected chi connectivity index (χ4v) is 3.64. The topological polar surface area (TPSA) is 27.7 Å². The molecule has 72 valence electrons. The maximum atomic E-state index is 5.20. The minimum Gasteiger partial charge on any atom is -0.377 e. The molecule has 0 rings (SSSR count). The molecule has 12 heavy (non-hydrogen) atoms. The van der Waals surface area contributed by atoms with Crippen LogP contribution in [0.5, 0.6) is 0 Å². The highest BCUT2D eigenvalue weighted by Gasteiger charge is 2.38. The van der Waals surface area contributed by atoms with E-state index in [-0.39, 0.29) is 0 Å². The highest BCUT2D eigenvalue weighted by atomic mass is 32.2. The molecule has 0 aliphatic carbocycles. The van der Waals surface area contributed by atoms with Crippen LogP contribution < -0.4 is 0 Å². The van der Waals surface area contributed by atoms with E-state index in [1.807, 2.05) is 6.26 Å². The van der Waals surface area contributed by atoms with Crippen molar-refractivity contribution in [3.05, 3.63) is 0 Å². The van der Waals surface area contributed by atoms with Gasteiger partial charge in [-0.15, -0.1) is 11.8 Å². The minimum absolute atomic E-state index is 0.590. The summed E-state index contributed by atoms with van der Waals surface area (Å²) in [4.78, 5) is 0. The van der Waals surface area contributed by atoms with Crippen LogP contribution in [0, 0.1) is 0 Å². The van der Waals surface area contributed by atoms with Gasteiger partial charge < -0.3 is 13.3 Å². The van der Waals surface area contributed by atoms with E-state index in [2.05, 4.69) is 0 Å². The van der Waals surface area contributed by atoms with Crippen molar-refractivity contribution >= 4 is 37.0 Å². The van der Waals surface area contributed by atoms with Gasteiger partial charge in [-0.05, 0) is 6.26 Å². The Morgan fingerprint density at radius 1 is 1.25 bits per heavy atom. The molecular formula is C6H14O3S2Si.